The van der Waals surface area contributed by atoms with Crippen molar-refractivity contribution in [3.05, 3.63) is 51.5 Å². The molecule has 3 aliphatic rings. The third-order valence-corrected chi connectivity index (χ3v) is 8.87. The number of thiophene rings is 1. The molecular formula is C26H33FN2O3S. The monoisotopic (exact) mass is 472 g/mol. The van der Waals surface area contributed by atoms with Gasteiger partial charge in [-0.05, 0) is 80.8 Å². The predicted octanol–water partition coefficient (Wildman–Crippen LogP) is 5.27. The Morgan fingerprint density at radius 2 is 2.12 bits per heavy atom. The van der Waals surface area contributed by atoms with Gasteiger partial charge in [0.2, 0.25) is 0 Å². The number of hydrogen-bond donors (Lipinski definition) is 1. The van der Waals surface area contributed by atoms with Crippen molar-refractivity contribution < 1.29 is 18.7 Å². The van der Waals surface area contributed by atoms with Crippen LogP contribution in [0.1, 0.15) is 54.8 Å². The zero-order valence-corrected chi connectivity index (χ0v) is 20.3. The average molecular weight is 473 g/mol. The van der Waals surface area contributed by atoms with Gasteiger partial charge in [-0.2, -0.15) is 0 Å². The highest BCUT2D eigenvalue weighted by Gasteiger charge is 2.45. The standard InChI is InChI=1S/C26H33FN2O3S/c1-3-22-14-23-24(33-22)8-11-31-26(23)9-10-29(17(2)15-26)16-18-12-20(13-18)28-25(30)32-21-6-4-19(27)5-7-21/h4-7,14,17-18,20H,3,8-13,15-16H2,1-2H3,(H,28,30)/t17-,18?,20?,26+/m0/s1. The number of amides is 1. The Morgan fingerprint density at radius 3 is 2.85 bits per heavy atom. The van der Waals surface area contributed by atoms with E-state index in [0.29, 0.717) is 17.7 Å². The van der Waals surface area contributed by atoms with Gasteiger partial charge >= 0.3 is 6.09 Å². The minimum absolute atomic E-state index is 0.0960. The van der Waals surface area contributed by atoms with E-state index in [2.05, 4.69) is 30.1 Å². The van der Waals surface area contributed by atoms with Gasteiger partial charge in [0.1, 0.15) is 11.6 Å². The zero-order chi connectivity index (χ0) is 23.0. The van der Waals surface area contributed by atoms with E-state index in [9.17, 15) is 9.18 Å². The highest BCUT2D eigenvalue weighted by molar-refractivity contribution is 7.12. The van der Waals surface area contributed by atoms with Crippen molar-refractivity contribution in [3.63, 3.8) is 0 Å². The van der Waals surface area contributed by atoms with Gasteiger partial charge in [0.25, 0.3) is 0 Å². The van der Waals surface area contributed by atoms with Crippen LogP contribution in [0, 0.1) is 11.7 Å². The van der Waals surface area contributed by atoms with Crippen molar-refractivity contribution >= 4 is 17.4 Å². The van der Waals surface area contributed by atoms with E-state index in [4.69, 9.17) is 9.47 Å². The first-order valence-corrected chi connectivity index (χ1v) is 13.0. The largest absolute Gasteiger partial charge is 0.412 e. The Bertz CT molecular complexity index is 988. The molecule has 2 aliphatic heterocycles. The third kappa shape index (κ3) is 4.81. The van der Waals surface area contributed by atoms with Crippen molar-refractivity contribution in [3.8, 4) is 5.75 Å². The molecule has 1 spiro atoms. The number of nitrogens with one attached hydrogen (secondary N) is 1. The second kappa shape index (κ2) is 9.35. The summed E-state index contributed by atoms with van der Waals surface area (Å²) in [6.07, 6.45) is 5.74. The van der Waals surface area contributed by atoms with Gasteiger partial charge in [-0.3, -0.25) is 0 Å². The quantitative estimate of drug-likeness (QED) is 0.644. The Hall–Kier alpha value is -1.96. The van der Waals surface area contributed by atoms with Crippen molar-refractivity contribution in [2.24, 2.45) is 5.92 Å². The molecule has 0 unspecified atom stereocenters. The van der Waals surface area contributed by atoms with E-state index in [1.54, 1.807) is 4.88 Å². The van der Waals surface area contributed by atoms with Gasteiger partial charge in [0, 0.05) is 41.3 Å². The number of aryl methyl sites for hydroxylation is 1. The number of ether oxygens (including phenoxy) is 2. The molecule has 2 aromatic rings. The SMILES string of the molecule is CCc1cc2c(s1)CCO[C@@]21CCN(CC2CC(NC(=O)Oc3ccc(F)cc3)C2)[C@@H](C)C1. The van der Waals surface area contributed by atoms with E-state index in [1.165, 1.54) is 34.7 Å². The first-order chi connectivity index (χ1) is 15.9. The van der Waals surface area contributed by atoms with E-state index in [0.717, 1.165) is 58.2 Å². The molecule has 33 heavy (non-hydrogen) atoms. The number of halogens is 1. The summed E-state index contributed by atoms with van der Waals surface area (Å²) in [5.74, 6) is 0.595. The zero-order valence-electron chi connectivity index (χ0n) is 19.4. The van der Waals surface area contributed by atoms with Gasteiger partial charge in [-0.15, -0.1) is 11.3 Å². The number of carbonyl (C=O) groups is 1. The average Bonchev–Trinajstić information content (AvgIpc) is 3.21. The summed E-state index contributed by atoms with van der Waals surface area (Å²) in [4.78, 5) is 17.7. The Balaban J connectivity index is 1.09. The molecule has 0 bridgehead atoms. The van der Waals surface area contributed by atoms with E-state index in [-0.39, 0.29) is 17.5 Å². The first-order valence-electron chi connectivity index (χ1n) is 12.2. The minimum Gasteiger partial charge on any atom is -0.410 e. The smallest absolute Gasteiger partial charge is 0.410 e. The summed E-state index contributed by atoms with van der Waals surface area (Å²) in [5, 5.41) is 2.93. The Kier molecular flexibility index (Phi) is 6.47. The maximum atomic E-state index is 13.0. The van der Waals surface area contributed by atoms with Crippen molar-refractivity contribution in [2.75, 3.05) is 19.7 Å². The second-order valence-electron chi connectivity index (χ2n) is 9.82. The van der Waals surface area contributed by atoms with Crippen molar-refractivity contribution in [2.45, 2.75) is 70.1 Å². The maximum Gasteiger partial charge on any atom is 0.412 e. The number of fused-ring (bicyclic) bond motifs is 2. The van der Waals surface area contributed by atoms with E-state index >= 15 is 0 Å². The van der Waals surface area contributed by atoms with Crippen LogP contribution in [-0.2, 0) is 23.2 Å². The number of rotatable bonds is 5. The van der Waals surface area contributed by atoms with Crippen LogP contribution in [0.2, 0.25) is 0 Å². The molecule has 3 heterocycles. The van der Waals surface area contributed by atoms with Gasteiger partial charge in [-0.1, -0.05) is 6.92 Å². The topological polar surface area (TPSA) is 50.8 Å². The molecule has 2 atom stereocenters. The number of hydrogen-bond acceptors (Lipinski definition) is 5. The molecule has 1 N–H and O–H groups in total. The van der Waals surface area contributed by atoms with Gasteiger partial charge in [-0.25, -0.2) is 9.18 Å². The molecule has 178 valence electrons. The highest BCUT2D eigenvalue weighted by Crippen LogP contribution is 2.46. The molecule has 1 saturated carbocycles. The lowest BCUT2D eigenvalue weighted by molar-refractivity contribution is -0.114. The molecule has 5 nitrogen and oxygen atoms in total. The molecule has 1 amide bonds. The first kappa shape index (κ1) is 22.8. The Morgan fingerprint density at radius 1 is 1.33 bits per heavy atom. The number of benzene rings is 1. The molecule has 1 aromatic heterocycles. The molecule has 7 heteroatoms. The normalized spacial score (nSPS) is 29.4. The highest BCUT2D eigenvalue weighted by atomic mass is 32.1. The fraction of sp³-hybridized carbons (Fsp3) is 0.577. The van der Waals surface area contributed by atoms with Crippen LogP contribution in [-0.4, -0.2) is 42.8 Å². The van der Waals surface area contributed by atoms with Crippen LogP contribution in [0.3, 0.4) is 0 Å². The summed E-state index contributed by atoms with van der Waals surface area (Å²) in [5.41, 5.74) is 1.37. The van der Waals surface area contributed by atoms with Crippen LogP contribution >= 0.6 is 11.3 Å². The third-order valence-electron chi connectivity index (χ3n) is 7.53. The van der Waals surface area contributed by atoms with Gasteiger partial charge in [0.05, 0.1) is 12.2 Å². The van der Waals surface area contributed by atoms with Gasteiger partial charge < -0.3 is 19.7 Å². The number of likely N-dealkylation sites (tertiary alicyclic amines) is 1. The summed E-state index contributed by atoms with van der Waals surface area (Å²) in [6, 6.07) is 8.53. The number of nitrogens with zero attached hydrogens (tertiary/aromatic N) is 1. The molecule has 1 aromatic carbocycles. The van der Waals surface area contributed by atoms with Crippen LogP contribution < -0.4 is 10.1 Å². The number of piperidine rings is 1. The van der Waals surface area contributed by atoms with E-state index in [1.807, 2.05) is 11.3 Å². The fourth-order valence-corrected chi connectivity index (χ4v) is 6.86. The molecular weight excluding hydrogens is 439 g/mol. The molecule has 2 fully saturated rings. The van der Waals surface area contributed by atoms with Crippen molar-refractivity contribution in [1.82, 2.24) is 10.2 Å². The van der Waals surface area contributed by atoms with Crippen LogP contribution in [0.15, 0.2) is 30.3 Å². The predicted molar refractivity (Wildman–Crippen MR) is 127 cm³/mol. The summed E-state index contributed by atoms with van der Waals surface area (Å²) >= 11 is 1.98. The summed E-state index contributed by atoms with van der Waals surface area (Å²) in [6.45, 7) is 7.53. The van der Waals surface area contributed by atoms with E-state index < -0.39 is 6.09 Å². The Labute approximate surface area is 199 Å². The molecule has 1 saturated heterocycles. The summed E-state index contributed by atoms with van der Waals surface area (Å²) < 4.78 is 24.7. The lowest BCUT2D eigenvalue weighted by Crippen LogP contribution is -2.54. The van der Waals surface area contributed by atoms with Crippen LogP contribution in [0.4, 0.5) is 9.18 Å². The molecule has 1 aliphatic carbocycles. The van der Waals surface area contributed by atoms with Gasteiger partial charge in [0.15, 0.2) is 0 Å². The minimum atomic E-state index is -0.467. The summed E-state index contributed by atoms with van der Waals surface area (Å²) in [7, 11) is 0. The molecule has 0 radical (unpaired) electrons. The second-order valence-corrected chi connectivity index (χ2v) is 11.0. The van der Waals surface area contributed by atoms with Crippen molar-refractivity contribution in [1.29, 1.82) is 0 Å². The lowest BCUT2D eigenvalue weighted by atomic mass is 9.76. The van der Waals surface area contributed by atoms with Crippen LogP contribution in [0.5, 0.6) is 5.75 Å². The maximum absolute atomic E-state index is 13.0. The van der Waals surface area contributed by atoms with Crippen LogP contribution in [0.25, 0.3) is 0 Å². The molecule has 5 rings (SSSR count). The fourth-order valence-electron chi connectivity index (χ4n) is 5.69. The lowest BCUT2D eigenvalue weighted by Gasteiger charge is -2.49. The number of carbonyl (C=O) groups excluding carboxylic acids is 1.